The Balaban J connectivity index is 1.93. The summed E-state index contributed by atoms with van der Waals surface area (Å²) in [6, 6.07) is 11.3. The maximum Gasteiger partial charge on any atom is 0.277 e. The number of methoxy groups -OCH3 is 1. The highest BCUT2D eigenvalue weighted by molar-refractivity contribution is 9.11. The molecule has 0 aliphatic rings. The monoisotopic (exact) mass is 468 g/mol. The number of hydrogen-bond donors (Lipinski definition) is 1. The quantitative estimate of drug-likeness (QED) is 0.502. The molecule has 2 aromatic rings. The van der Waals surface area contributed by atoms with E-state index in [4.69, 9.17) is 9.47 Å². The molecule has 0 saturated carbocycles. The molecule has 0 aliphatic carbocycles. The van der Waals surface area contributed by atoms with Gasteiger partial charge in [0.1, 0.15) is 11.5 Å². The highest BCUT2D eigenvalue weighted by Gasteiger charge is 2.10. The molecule has 132 valence electrons. The van der Waals surface area contributed by atoms with Gasteiger partial charge in [0, 0.05) is 0 Å². The normalized spacial score (nSPS) is 11.2. The number of nitrogens with zero attached hydrogens (tertiary/aromatic N) is 1. The second-order valence-electron chi connectivity index (χ2n) is 5.31. The first-order valence-electron chi connectivity index (χ1n) is 7.46. The molecule has 25 heavy (non-hydrogen) atoms. The molecular weight excluding hydrogens is 452 g/mol. The number of hydrazone groups is 1. The molecule has 0 aliphatic heterocycles. The van der Waals surface area contributed by atoms with Gasteiger partial charge in [-0.1, -0.05) is 0 Å². The van der Waals surface area contributed by atoms with Crippen LogP contribution >= 0.6 is 31.9 Å². The fourth-order valence-corrected chi connectivity index (χ4v) is 3.68. The minimum absolute atomic E-state index is 0.139. The van der Waals surface area contributed by atoms with E-state index in [1.54, 1.807) is 7.11 Å². The smallest absolute Gasteiger partial charge is 0.277 e. The summed E-state index contributed by atoms with van der Waals surface area (Å²) in [5.74, 6) is 1.01. The summed E-state index contributed by atoms with van der Waals surface area (Å²) in [5.41, 5.74) is 5.15. The molecule has 0 fully saturated rings. The van der Waals surface area contributed by atoms with E-state index < -0.39 is 0 Å². The summed E-state index contributed by atoms with van der Waals surface area (Å²) >= 11 is 6.86. The van der Waals surface area contributed by atoms with Crippen molar-refractivity contribution in [3.05, 3.63) is 56.5 Å². The first kappa shape index (κ1) is 19.5. The van der Waals surface area contributed by atoms with Crippen LogP contribution in [0.15, 0.2) is 50.4 Å². The van der Waals surface area contributed by atoms with Crippen molar-refractivity contribution in [1.29, 1.82) is 0 Å². The SMILES string of the molecule is COc1ccc(C(C)=NNC(=O)COc2c(Br)cc(C)cc2Br)cc1. The molecular formula is C18H18Br2N2O3. The van der Waals surface area contributed by atoms with E-state index in [9.17, 15) is 4.79 Å². The van der Waals surface area contributed by atoms with Crippen molar-refractivity contribution in [2.75, 3.05) is 13.7 Å². The average Bonchev–Trinajstić information content (AvgIpc) is 2.58. The number of nitrogens with one attached hydrogen (secondary N) is 1. The molecule has 0 spiro atoms. The lowest BCUT2D eigenvalue weighted by molar-refractivity contribution is -0.123. The highest BCUT2D eigenvalue weighted by Crippen LogP contribution is 2.34. The van der Waals surface area contributed by atoms with Gasteiger partial charge in [-0.25, -0.2) is 5.43 Å². The molecule has 0 atom stereocenters. The molecule has 5 nitrogen and oxygen atoms in total. The van der Waals surface area contributed by atoms with Crippen molar-refractivity contribution in [2.45, 2.75) is 13.8 Å². The Hall–Kier alpha value is -1.86. The largest absolute Gasteiger partial charge is 0.497 e. The van der Waals surface area contributed by atoms with E-state index in [1.807, 2.05) is 50.2 Å². The molecule has 0 saturated heterocycles. The maximum absolute atomic E-state index is 11.9. The van der Waals surface area contributed by atoms with Crippen molar-refractivity contribution in [3.63, 3.8) is 0 Å². The Labute approximate surface area is 163 Å². The maximum atomic E-state index is 11.9. The van der Waals surface area contributed by atoms with Crippen LogP contribution in [0, 0.1) is 6.92 Å². The minimum Gasteiger partial charge on any atom is -0.497 e. The van der Waals surface area contributed by atoms with Gasteiger partial charge < -0.3 is 9.47 Å². The molecule has 0 bridgehead atoms. The van der Waals surface area contributed by atoms with Crippen LogP contribution in [0.25, 0.3) is 0 Å². The standard InChI is InChI=1S/C18H18Br2N2O3/c1-11-8-15(19)18(16(20)9-11)25-10-17(23)22-21-12(2)13-4-6-14(24-3)7-5-13/h4-9H,10H2,1-3H3,(H,22,23). The van der Waals surface area contributed by atoms with Crippen LogP contribution in [-0.2, 0) is 4.79 Å². The molecule has 0 unspecified atom stereocenters. The summed E-state index contributed by atoms with van der Waals surface area (Å²) in [6.07, 6.45) is 0. The van der Waals surface area contributed by atoms with Crippen LogP contribution in [0.1, 0.15) is 18.1 Å². The number of aryl methyl sites for hydroxylation is 1. The second-order valence-corrected chi connectivity index (χ2v) is 7.02. The Kier molecular flexibility index (Phi) is 7.01. The van der Waals surface area contributed by atoms with Crippen LogP contribution in [0.3, 0.4) is 0 Å². The third kappa shape index (κ3) is 5.57. The number of carbonyl (C=O) groups is 1. The van der Waals surface area contributed by atoms with Crippen molar-refractivity contribution >= 4 is 43.5 Å². The molecule has 0 heterocycles. The third-order valence-electron chi connectivity index (χ3n) is 3.35. The first-order valence-corrected chi connectivity index (χ1v) is 9.05. The number of benzene rings is 2. The van der Waals surface area contributed by atoms with Crippen LogP contribution in [0.2, 0.25) is 0 Å². The fraction of sp³-hybridized carbons (Fsp3) is 0.222. The van der Waals surface area contributed by atoms with E-state index in [0.717, 1.165) is 25.8 Å². The summed E-state index contributed by atoms with van der Waals surface area (Å²) in [7, 11) is 1.61. The van der Waals surface area contributed by atoms with Gasteiger partial charge in [-0.05, 0) is 93.2 Å². The highest BCUT2D eigenvalue weighted by atomic mass is 79.9. The Morgan fingerprint density at radius 2 is 1.76 bits per heavy atom. The van der Waals surface area contributed by atoms with Gasteiger partial charge in [-0.15, -0.1) is 0 Å². The summed E-state index contributed by atoms with van der Waals surface area (Å²) < 4.78 is 12.2. The van der Waals surface area contributed by atoms with E-state index in [2.05, 4.69) is 42.4 Å². The summed E-state index contributed by atoms with van der Waals surface area (Å²) in [4.78, 5) is 11.9. The van der Waals surface area contributed by atoms with Gasteiger partial charge >= 0.3 is 0 Å². The van der Waals surface area contributed by atoms with Gasteiger partial charge in [0.15, 0.2) is 6.61 Å². The molecule has 7 heteroatoms. The van der Waals surface area contributed by atoms with E-state index >= 15 is 0 Å². The molecule has 1 amide bonds. The number of hydrogen-bond acceptors (Lipinski definition) is 4. The topological polar surface area (TPSA) is 59.9 Å². The van der Waals surface area contributed by atoms with Gasteiger partial charge in [0.05, 0.1) is 21.8 Å². The predicted octanol–water partition coefficient (Wildman–Crippen LogP) is 4.45. The van der Waals surface area contributed by atoms with Crippen molar-refractivity contribution in [2.24, 2.45) is 5.10 Å². The molecule has 2 rings (SSSR count). The lowest BCUT2D eigenvalue weighted by Crippen LogP contribution is -2.25. The lowest BCUT2D eigenvalue weighted by atomic mass is 10.1. The van der Waals surface area contributed by atoms with Crippen molar-refractivity contribution < 1.29 is 14.3 Å². The average molecular weight is 470 g/mol. The van der Waals surface area contributed by atoms with Crippen molar-refractivity contribution in [3.8, 4) is 11.5 Å². The van der Waals surface area contributed by atoms with Gasteiger partial charge in [0.2, 0.25) is 0 Å². The lowest BCUT2D eigenvalue weighted by Gasteiger charge is -2.10. The zero-order valence-corrected chi connectivity index (χ0v) is 17.3. The van der Waals surface area contributed by atoms with Crippen molar-refractivity contribution in [1.82, 2.24) is 5.43 Å². The van der Waals surface area contributed by atoms with Gasteiger partial charge in [0.25, 0.3) is 5.91 Å². The second kappa shape index (κ2) is 9.01. The molecule has 2 aromatic carbocycles. The van der Waals surface area contributed by atoms with Crippen LogP contribution in [0.5, 0.6) is 11.5 Å². The molecule has 1 N–H and O–H groups in total. The van der Waals surface area contributed by atoms with E-state index in [1.165, 1.54) is 0 Å². The number of rotatable bonds is 6. The minimum atomic E-state index is -0.341. The van der Waals surface area contributed by atoms with Crippen LogP contribution in [0.4, 0.5) is 0 Å². The number of halogens is 2. The van der Waals surface area contributed by atoms with Crippen LogP contribution in [-0.4, -0.2) is 25.3 Å². The Bertz CT molecular complexity index is 766. The third-order valence-corrected chi connectivity index (χ3v) is 4.52. The van der Waals surface area contributed by atoms with Crippen LogP contribution < -0.4 is 14.9 Å². The summed E-state index contributed by atoms with van der Waals surface area (Å²) in [5, 5.41) is 4.09. The van der Waals surface area contributed by atoms with E-state index in [-0.39, 0.29) is 12.5 Å². The predicted molar refractivity (Wildman–Crippen MR) is 105 cm³/mol. The Morgan fingerprint density at radius 3 is 2.32 bits per heavy atom. The zero-order chi connectivity index (χ0) is 18.4. The van der Waals surface area contributed by atoms with Gasteiger partial charge in [-0.2, -0.15) is 5.10 Å². The number of ether oxygens (including phenoxy) is 2. The summed E-state index contributed by atoms with van der Waals surface area (Å²) in [6.45, 7) is 3.65. The first-order chi connectivity index (χ1) is 11.9. The molecule has 0 aromatic heterocycles. The number of amides is 1. The molecule has 0 radical (unpaired) electrons. The zero-order valence-electron chi connectivity index (χ0n) is 14.1. The fourth-order valence-electron chi connectivity index (χ4n) is 2.04. The Morgan fingerprint density at radius 1 is 1.16 bits per heavy atom. The van der Waals surface area contributed by atoms with Gasteiger partial charge in [-0.3, -0.25) is 4.79 Å². The van der Waals surface area contributed by atoms with E-state index in [0.29, 0.717) is 11.5 Å². The number of carbonyl (C=O) groups excluding carboxylic acids is 1.